The van der Waals surface area contributed by atoms with E-state index >= 15 is 0 Å². The smallest absolute Gasteiger partial charge is 0.326 e. The molecule has 0 bridgehead atoms. The molecule has 1 N–H and O–H groups in total. The van der Waals surface area contributed by atoms with Crippen molar-refractivity contribution < 1.29 is 14.7 Å². The fraction of sp³-hybridized carbons (Fsp3) is 0.467. The van der Waals surface area contributed by atoms with Crippen LogP contribution in [0.15, 0.2) is 18.2 Å². The number of halogens is 2. The molecular formula is C15H15Cl2NO3. The van der Waals surface area contributed by atoms with Gasteiger partial charge in [0.2, 0.25) is 0 Å². The molecule has 3 rings (SSSR count). The van der Waals surface area contributed by atoms with E-state index in [9.17, 15) is 14.7 Å². The number of likely N-dealkylation sites (tertiary alicyclic amines) is 1. The van der Waals surface area contributed by atoms with Crippen LogP contribution in [0.1, 0.15) is 29.6 Å². The highest BCUT2D eigenvalue weighted by atomic mass is 35.5. The summed E-state index contributed by atoms with van der Waals surface area (Å²) in [6, 6.07) is 4.09. The zero-order chi connectivity index (χ0) is 15.1. The number of aliphatic carboxylic acids is 1. The van der Waals surface area contributed by atoms with Crippen molar-refractivity contribution in [2.75, 3.05) is 6.54 Å². The summed E-state index contributed by atoms with van der Waals surface area (Å²) in [6.07, 6.45) is 2.90. The second-order valence-electron chi connectivity index (χ2n) is 5.70. The van der Waals surface area contributed by atoms with Crippen LogP contribution in [0.5, 0.6) is 0 Å². The van der Waals surface area contributed by atoms with Crippen LogP contribution in [0.25, 0.3) is 0 Å². The Morgan fingerprint density at radius 2 is 2.00 bits per heavy atom. The van der Waals surface area contributed by atoms with Gasteiger partial charge in [-0.3, -0.25) is 4.79 Å². The van der Waals surface area contributed by atoms with Crippen LogP contribution in [0.4, 0.5) is 0 Å². The maximum atomic E-state index is 12.7. The van der Waals surface area contributed by atoms with Crippen LogP contribution >= 0.6 is 23.2 Å². The van der Waals surface area contributed by atoms with Gasteiger partial charge in [0.05, 0.1) is 15.6 Å². The topological polar surface area (TPSA) is 57.6 Å². The minimum Gasteiger partial charge on any atom is -0.480 e. The van der Waals surface area contributed by atoms with Crippen molar-refractivity contribution in [1.82, 2.24) is 4.90 Å². The molecule has 0 radical (unpaired) electrons. The van der Waals surface area contributed by atoms with Gasteiger partial charge in [-0.05, 0) is 36.8 Å². The second kappa shape index (κ2) is 5.50. The highest BCUT2D eigenvalue weighted by molar-refractivity contribution is 6.43. The standard InChI is InChI=1S/C15H15Cl2NO3/c16-11-6-2-5-10(12(11)17)14(19)18-7-8-3-1-4-9(8)13(18)15(20)21/h2,5-6,8-9,13H,1,3-4,7H2,(H,20,21). The molecule has 1 saturated carbocycles. The molecular weight excluding hydrogens is 313 g/mol. The first-order valence-corrected chi connectivity index (χ1v) is 7.74. The van der Waals surface area contributed by atoms with E-state index in [-0.39, 0.29) is 28.3 Å². The van der Waals surface area contributed by atoms with Gasteiger partial charge in [0.15, 0.2) is 0 Å². The molecule has 1 saturated heterocycles. The van der Waals surface area contributed by atoms with E-state index in [1.165, 1.54) is 4.90 Å². The molecule has 1 amide bonds. The first-order valence-electron chi connectivity index (χ1n) is 6.98. The zero-order valence-electron chi connectivity index (χ0n) is 11.3. The minimum atomic E-state index is -0.934. The van der Waals surface area contributed by atoms with E-state index < -0.39 is 12.0 Å². The summed E-state index contributed by atoms with van der Waals surface area (Å²) < 4.78 is 0. The van der Waals surface area contributed by atoms with Gasteiger partial charge in [0.1, 0.15) is 6.04 Å². The van der Waals surface area contributed by atoms with E-state index in [2.05, 4.69) is 0 Å². The van der Waals surface area contributed by atoms with Gasteiger partial charge in [-0.1, -0.05) is 35.7 Å². The number of hydrogen-bond acceptors (Lipinski definition) is 2. The second-order valence-corrected chi connectivity index (χ2v) is 6.48. The van der Waals surface area contributed by atoms with Gasteiger partial charge in [0.25, 0.3) is 5.91 Å². The normalized spacial score (nSPS) is 27.7. The minimum absolute atomic E-state index is 0.0596. The Balaban J connectivity index is 1.93. The molecule has 1 aliphatic heterocycles. The summed E-state index contributed by atoms with van der Waals surface area (Å²) in [7, 11) is 0. The van der Waals surface area contributed by atoms with Gasteiger partial charge in [-0.2, -0.15) is 0 Å². The number of nitrogens with zero attached hydrogens (tertiary/aromatic N) is 1. The SMILES string of the molecule is O=C(O)C1C2CCCC2CN1C(=O)c1cccc(Cl)c1Cl. The summed E-state index contributed by atoms with van der Waals surface area (Å²) in [5.41, 5.74) is 0.274. The molecule has 21 heavy (non-hydrogen) atoms. The number of rotatable bonds is 2. The lowest BCUT2D eigenvalue weighted by atomic mass is 9.94. The summed E-state index contributed by atoms with van der Waals surface area (Å²) in [5, 5.41) is 9.98. The van der Waals surface area contributed by atoms with E-state index in [0.717, 1.165) is 19.3 Å². The van der Waals surface area contributed by atoms with Crippen LogP contribution in [0.3, 0.4) is 0 Å². The summed E-state index contributed by atoms with van der Waals surface area (Å²) in [6.45, 7) is 0.489. The number of fused-ring (bicyclic) bond motifs is 1. The third-order valence-electron chi connectivity index (χ3n) is 4.59. The van der Waals surface area contributed by atoms with E-state index in [4.69, 9.17) is 23.2 Å². The first-order chi connectivity index (χ1) is 10.0. The van der Waals surface area contributed by atoms with Crippen LogP contribution in [0.2, 0.25) is 10.0 Å². The van der Waals surface area contributed by atoms with Crippen molar-refractivity contribution in [3.8, 4) is 0 Å². The average molecular weight is 328 g/mol. The molecule has 0 aromatic heterocycles. The Kier molecular flexibility index (Phi) is 3.84. The lowest BCUT2D eigenvalue weighted by Gasteiger charge is -2.25. The highest BCUT2D eigenvalue weighted by Gasteiger charge is 2.49. The van der Waals surface area contributed by atoms with Crippen LogP contribution in [-0.4, -0.2) is 34.5 Å². The van der Waals surface area contributed by atoms with Gasteiger partial charge in [-0.25, -0.2) is 4.79 Å². The van der Waals surface area contributed by atoms with Crippen molar-refractivity contribution in [1.29, 1.82) is 0 Å². The molecule has 1 aliphatic carbocycles. The number of hydrogen-bond donors (Lipinski definition) is 1. The lowest BCUT2D eigenvalue weighted by molar-refractivity contribution is -0.142. The number of carboxylic acid groups (broad SMARTS) is 1. The Morgan fingerprint density at radius 3 is 2.71 bits per heavy atom. The van der Waals surface area contributed by atoms with Crippen molar-refractivity contribution in [2.24, 2.45) is 11.8 Å². The van der Waals surface area contributed by atoms with Gasteiger partial charge < -0.3 is 10.0 Å². The van der Waals surface area contributed by atoms with Gasteiger partial charge in [-0.15, -0.1) is 0 Å². The number of amides is 1. The fourth-order valence-corrected chi connectivity index (χ4v) is 4.04. The largest absolute Gasteiger partial charge is 0.480 e. The zero-order valence-corrected chi connectivity index (χ0v) is 12.8. The predicted molar refractivity (Wildman–Crippen MR) is 79.8 cm³/mol. The molecule has 1 heterocycles. The molecule has 6 heteroatoms. The molecule has 0 spiro atoms. The molecule has 112 valence electrons. The fourth-order valence-electron chi connectivity index (χ4n) is 3.65. The maximum absolute atomic E-state index is 12.7. The third-order valence-corrected chi connectivity index (χ3v) is 5.41. The maximum Gasteiger partial charge on any atom is 0.326 e. The number of carbonyl (C=O) groups excluding carboxylic acids is 1. The lowest BCUT2D eigenvalue weighted by Crippen LogP contribution is -2.43. The van der Waals surface area contributed by atoms with Crippen molar-refractivity contribution in [2.45, 2.75) is 25.3 Å². The molecule has 1 aromatic rings. The molecule has 3 atom stereocenters. The predicted octanol–water partition coefficient (Wildman–Crippen LogP) is 3.32. The van der Waals surface area contributed by atoms with Crippen molar-refractivity contribution in [3.05, 3.63) is 33.8 Å². The van der Waals surface area contributed by atoms with Gasteiger partial charge in [0, 0.05) is 6.54 Å². The van der Waals surface area contributed by atoms with Crippen molar-refractivity contribution >= 4 is 35.1 Å². The molecule has 3 unspecified atom stereocenters. The monoisotopic (exact) mass is 327 g/mol. The van der Waals surface area contributed by atoms with E-state index in [1.54, 1.807) is 18.2 Å². The molecule has 1 aromatic carbocycles. The van der Waals surface area contributed by atoms with E-state index in [0.29, 0.717) is 11.6 Å². The quantitative estimate of drug-likeness (QED) is 0.906. The van der Waals surface area contributed by atoms with Crippen LogP contribution in [-0.2, 0) is 4.79 Å². The summed E-state index contributed by atoms with van der Waals surface area (Å²) in [4.78, 5) is 25.7. The Hall–Kier alpha value is -1.26. The highest BCUT2D eigenvalue weighted by Crippen LogP contribution is 2.43. The van der Waals surface area contributed by atoms with Gasteiger partial charge >= 0.3 is 5.97 Å². The number of carbonyl (C=O) groups is 2. The number of carboxylic acids is 1. The molecule has 2 aliphatic rings. The van der Waals surface area contributed by atoms with Crippen LogP contribution < -0.4 is 0 Å². The molecule has 4 nitrogen and oxygen atoms in total. The summed E-state index contributed by atoms with van der Waals surface area (Å²) >= 11 is 12.0. The Morgan fingerprint density at radius 1 is 1.24 bits per heavy atom. The Bertz CT molecular complexity index is 605. The van der Waals surface area contributed by atoms with Crippen LogP contribution in [0, 0.1) is 11.8 Å². The third kappa shape index (κ3) is 2.40. The first kappa shape index (κ1) is 14.7. The average Bonchev–Trinajstić information content (AvgIpc) is 3.00. The molecule has 2 fully saturated rings. The Labute approximate surface area is 132 Å². The van der Waals surface area contributed by atoms with Crippen molar-refractivity contribution in [3.63, 3.8) is 0 Å². The van der Waals surface area contributed by atoms with E-state index in [1.807, 2.05) is 0 Å². The number of benzene rings is 1. The summed E-state index contributed by atoms with van der Waals surface area (Å²) in [5.74, 6) is -0.933.